The number of pyridine rings is 1. The van der Waals surface area contributed by atoms with Crippen LogP contribution >= 0.6 is 34.8 Å². The van der Waals surface area contributed by atoms with Crippen LogP contribution in [0.4, 0.5) is 5.69 Å². The van der Waals surface area contributed by atoms with Gasteiger partial charge in [0, 0.05) is 6.20 Å². The highest BCUT2D eigenvalue weighted by atomic mass is 35.5. The second kappa shape index (κ2) is 5.77. The number of aryl methyl sites for hydroxylation is 1. The van der Waals surface area contributed by atoms with Gasteiger partial charge >= 0.3 is 0 Å². The van der Waals surface area contributed by atoms with Crippen LogP contribution in [-0.2, 0) is 10.0 Å². The monoisotopic (exact) mass is 350 g/mol. The molecule has 0 aliphatic carbocycles. The molecule has 1 heterocycles. The number of rotatable bonds is 3. The second-order valence-electron chi connectivity index (χ2n) is 3.95. The van der Waals surface area contributed by atoms with Crippen LogP contribution in [0.5, 0.6) is 0 Å². The Morgan fingerprint density at radius 1 is 1.15 bits per heavy atom. The lowest BCUT2D eigenvalue weighted by molar-refractivity contribution is 0.601. The maximum absolute atomic E-state index is 12.3. The Labute approximate surface area is 131 Å². The van der Waals surface area contributed by atoms with Crippen molar-refractivity contribution in [2.24, 2.45) is 0 Å². The summed E-state index contributed by atoms with van der Waals surface area (Å²) in [5.74, 6) is 0. The number of sulfonamides is 1. The number of nitrogens with zero attached hydrogens (tertiary/aromatic N) is 1. The Kier molecular flexibility index (Phi) is 4.44. The van der Waals surface area contributed by atoms with E-state index in [2.05, 4.69) is 9.71 Å². The van der Waals surface area contributed by atoms with Crippen molar-refractivity contribution in [2.75, 3.05) is 4.72 Å². The molecule has 1 aromatic heterocycles. The molecule has 20 heavy (non-hydrogen) atoms. The molecule has 0 amide bonds. The zero-order valence-electron chi connectivity index (χ0n) is 10.2. The molecule has 2 rings (SSSR count). The maximum atomic E-state index is 12.3. The highest BCUT2D eigenvalue weighted by molar-refractivity contribution is 7.92. The molecule has 0 saturated carbocycles. The molecule has 2 aromatic rings. The van der Waals surface area contributed by atoms with E-state index in [1.807, 2.05) is 0 Å². The van der Waals surface area contributed by atoms with Crippen LogP contribution in [-0.4, -0.2) is 13.4 Å². The highest BCUT2D eigenvalue weighted by Gasteiger charge is 2.21. The molecule has 0 bridgehead atoms. The van der Waals surface area contributed by atoms with Gasteiger partial charge in [-0.05, 0) is 30.7 Å². The molecular weight excluding hydrogens is 343 g/mol. The van der Waals surface area contributed by atoms with Gasteiger partial charge in [0.1, 0.15) is 4.90 Å². The van der Waals surface area contributed by atoms with Crippen LogP contribution in [0, 0.1) is 6.92 Å². The Morgan fingerprint density at radius 2 is 1.85 bits per heavy atom. The third kappa shape index (κ3) is 3.01. The molecular formula is C12H9Cl3N2O2S. The first-order chi connectivity index (χ1) is 9.33. The first-order valence-corrected chi connectivity index (χ1v) is 8.02. The summed E-state index contributed by atoms with van der Waals surface area (Å²) >= 11 is 17.6. The number of halogens is 3. The predicted octanol–water partition coefficient (Wildman–Crippen LogP) is 4.15. The van der Waals surface area contributed by atoms with Crippen molar-refractivity contribution in [3.8, 4) is 0 Å². The molecule has 0 atom stereocenters. The Morgan fingerprint density at radius 3 is 2.50 bits per heavy atom. The van der Waals surface area contributed by atoms with Crippen LogP contribution < -0.4 is 4.72 Å². The predicted molar refractivity (Wildman–Crippen MR) is 81.3 cm³/mol. The SMILES string of the molecule is Cc1ccnc(Cl)c1NS(=O)(=O)c1cccc(Cl)c1Cl. The summed E-state index contributed by atoms with van der Waals surface area (Å²) in [4.78, 5) is 3.72. The zero-order chi connectivity index (χ0) is 14.9. The van der Waals surface area contributed by atoms with Crippen molar-refractivity contribution in [2.45, 2.75) is 11.8 Å². The van der Waals surface area contributed by atoms with Gasteiger partial charge in [-0.1, -0.05) is 40.9 Å². The van der Waals surface area contributed by atoms with E-state index < -0.39 is 10.0 Å². The van der Waals surface area contributed by atoms with E-state index in [1.54, 1.807) is 13.0 Å². The van der Waals surface area contributed by atoms with Gasteiger partial charge in [-0.3, -0.25) is 4.72 Å². The maximum Gasteiger partial charge on any atom is 0.263 e. The van der Waals surface area contributed by atoms with Gasteiger partial charge in [0.2, 0.25) is 0 Å². The summed E-state index contributed by atoms with van der Waals surface area (Å²) in [5, 5.41) is 0.176. The van der Waals surface area contributed by atoms with Gasteiger partial charge in [-0.15, -0.1) is 0 Å². The Hall–Kier alpha value is -1.01. The summed E-state index contributed by atoms with van der Waals surface area (Å²) in [6.45, 7) is 1.71. The number of hydrogen-bond acceptors (Lipinski definition) is 3. The molecule has 4 nitrogen and oxygen atoms in total. The fourth-order valence-electron chi connectivity index (χ4n) is 1.53. The zero-order valence-corrected chi connectivity index (χ0v) is 13.3. The topological polar surface area (TPSA) is 59.1 Å². The van der Waals surface area contributed by atoms with Crippen molar-refractivity contribution in [3.05, 3.63) is 51.2 Å². The van der Waals surface area contributed by atoms with Crippen LogP contribution in [0.2, 0.25) is 15.2 Å². The quantitative estimate of drug-likeness (QED) is 0.845. The minimum absolute atomic E-state index is 0.0423. The molecule has 106 valence electrons. The average Bonchev–Trinajstić information content (AvgIpc) is 2.37. The number of anilines is 1. The van der Waals surface area contributed by atoms with Crippen LogP contribution in [0.3, 0.4) is 0 Å². The lowest BCUT2D eigenvalue weighted by atomic mass is 10.3. The van der Waals surface area contributed by atoms with Crippen LogP contribution in [0.15, 0.2) is 35.4 Å². The standard InChI is InChI=1S/C12H9Cl3N2O2S/c1-7-5-6-16-12(15)11(7)17-20(18,19)9-4-2-3-8(13)10(9)14/h2-6,17H,1H3. The van der Waals surface area contributed by atoms with Crippen molar-refractivity contribution >= 4 is 50.5 Å². The number of benzene rings is 1. The van der Waals surface area contributed by atoms with E-state index in [1.165, 1.54) is 24.4 Å². The fraction of sp³-hybridized carbons (Fsp3) is 0.0833. The third-order valence-corrected chi connectivity index (χ3v) is 5.16. The minimum Gasteiger partial charge on any atom is -0.276 e. The lowest BCUT2D eigenvalue weighted by Crippen LogP contribution is -2.15. The van der Waals surface area contributed by atoms with E-state index in [0.29, 0.717) is 5.56 Å². The van der Waals surface area contributed by atoms with E-state index >= 15 is 0 Å². The third-order valence-electron chi connectivity index (χ3n) is 2.56. The molecule has 8 heteroatoms. The van der Waals surface area contributed by atoms with Crippen molar-refractivity contribution < 1.29 is 8.42 Å². The molecule has 0 saturated heterocycles. The molecule has 0 aliphatic rings. The van der Waals surface area contributed by atoms with Gasteiger partial charge in [0.15, 0.2) is 5.15 Å². The van der Waals surface area contributed by atoms with Gasteiger partial charge in [0.05, 0.1) is 15.7 Å². The van der Waals surface area contributed by atoms with Crippen LogP contribution in [0.1, 0.15) is 5.56 Å². The molecule has 0 radical (unpaired) electrons. The molecule has 1 N–H and O–H groups in total. The van der Waals surface area contributed by atoms with E-state index in [0.717, 1.165) is 0 Å². The summed E-state index contributed by atoms with van der Waals surface area (Å²) in [6, 6.07) is 6.01. The Balaban J connectivity index is 2.50. The highest BCUT2D eigenvalue weighted by Crippen LogP contribution is 2.32. The largest absolute Gasteiger partial charge is 0.276 e. The summed E-state index contributed by atoms with van der Waals surface area (Å²) < 4.78 is 27.1. The van der Waals surface area contributed by atoms with Crippen molar-refractivity contribution in [3.63, 3.8) is 0 Å². The average molecular weight is 352 g/mol. The van der Waals surface area contributed by atoms with Gasteiger partial charge < -0.3 is 0 Å². The second-order valence-corrected chi connectivity index (χ2v) is 6.75. The smallest absolute Gasteiger partial charge is 0.263 e. The van der Waals surface area contributed by atoms with E-state index in [9.17, 15) is 8.42 Å². The van der Waals surface area contributed by atoms with Gasteiger partial charge in [-0.25, -0.2) is 13.4 Å². The number of nitrogens with one attached hydrogen (secondary N) is 1. The van der Waals surface area contributed by atoms with Crippen molar-refractivity contribution in [1.29, 1.82) is 0 Å². The number of hydrogen-bond donors (Lipinski definition) is 1. The minimum atomic E-state index is -3.90. The van der Waals surface area contributed by atoms with E-state index in [-0.39, 0.29) is 25.8 Å². The first-order valence-electron chi connectivity index (χ1n) is 5.41. The molecule has 0 spiro atoms. The summed E-state index contributed by atoms with van der Waals surface area (Å²) in [5.41, 5.74) is 0.858. The van der Waals surface area contributed by atoms with E-state index in [4.69, 9.17) is 34.8 Å². The summed E-state index contributed by atoms with van der Waals surface area (Å²) in [7, 11) is -3.90. The molecule has 1 aromatic carbocycles. The first kappa shape index (κ1) is 15.4. The van der Waals surface area contributed by atoms with Gasteiger partial charge in [0.25, 0.3) is 10.0 Å². The van der Waals surface area contributed by atoms with Crippen LogP contribution in [0.25, 0.3) is 0 Å². The molecule has 0 unspecified atom stereocenters. The molecule has 0 aliphatic heterocycles. The lowest BCUT2D eigenvalue weighted by Gasteiger charge is -2.12. The fourth-order valence-corrected chi connectivity index (χ4v) is 3.74. The summed E-state index contributed by atoms with van der Waals surface area (Å²) in [6.07, 6.45) is 1.49. The number of aromatic nitrogens is 1. The Bertz CT molecular complexity index is 743. The van der Waals surface area contributed by atoms with Gasteiger partial charge in [-0.2, -0.15) is 0 Å². The molecule has 0 fully saturated rings. The normalized spacial score (nSPS) is 11.4. The van der Waals surface area contributed by atoms with Crippen molar-refractivity contribution in [1.82, 2.24) is 4.98 Å².